The number of hydrogen-bond donors (Lipinski definition) is 1. The molecule has 0 heterocycles. The normalized spacial score (nSPS) is 14.8. The molecule has 3 aromatic rings. The Bertz CT molecular complexity index is 1390. The second-order valence-corrected chi connectivity index (χ2v) is 12.2. The number of benzene rings is 3. The Kier molecular flexibility index (Phi) is 9.58. The molecule has 0 radical (unpaired) electrons. The fourth-order valence-corrected chi connectivity index (χ4v) is 6.32. The van der Waals surface area contributed by atoms with Crippen LogP contribution in [0.1, 0.15) is 50.2 Å². The SMILES string of the molecule is Cc1ccc(N(CC(=O)N(Cc2ccccc2)C(C)C(=O)NC2CCCCC2)S(=O)(=O)c2ccc(F)cc2)cc1. The summed E-state index contributed by atoms with van der Waals surface area (Å²) in [4.78, 5) is 28.6. The van der Waals surface area contributed by atoms with Crippen molar-refractivity contribution in [2.24, 2.45) is 0 Å². The van der Waals surface area contributed by atoms with Gasteiger partial charge in [0.25, 0.3) is 10.0 Å². The van der Waals surface area contributed by atoms with Gasteiger partial charge in [0.15, 0.2) is 0 Å². The Balaban J connectivity index is 1.65. The highest BCUT2D eigenvalue weighted by atomic mass is 32.2. The van der Waals surface area contributed by atoms with Crippen LogP contribution in [0.2, 0.25) is 0 Å². The average molecular weight is 566 g/mol. The third kappa shape index (κ3) is 7.27. The third-order valence-electron chi connectivity index (χ3n) is 7.32. The molecule has 0 spiro atoms. The number of sulfonamides is 1. The molecule has 1 unspecified atom stereocenters. The number of nitrogens with one attached hydrogen (secondary N) is 1. The maximum absolute atomic E-state index is 13.9. The highest BCUT2D eigenvalue weighted by molar-refractivity contribution is 7.92. The number of halogens is 1. The van der Waals surface area contributed by atoms with Crippen LogP contribution in [-0.4, -0.2) is 43.8 Å². The lowest BCUT2D eigenvalue weighted by Gasteiger charge is -2.33. The van der Waals surface area contributed by atoms with Crippen LogP contribution in [0.5, 0.6) is 0 Å². The number of nitrogens with zero attached hydrogens (tertiary/aromatic N) is 2. The van der Waals surface area contributed by atoms with Crippen molar-refractivity contribution < 1.29 is 22.4 Å². The molecule has 1 N–H and O–H groups in total. The number of amides is 2. The smallest absolute Gasteiger partial charge is 0.264 e. The topological polar surface area (TPSA) is 86.8 Å². The van der Waals surface area contributed by atoms with Gasteiger partial charge >= 0.3 is 0 Å². The number of rotatable bonds is 10. The molecule has 1 saturated carbocycles. The van der Waals surface area contributed by atoms with E-state index in [9.17, 15) is 22.4 Å². The van der Waals surface area contributed by atoms with E-state index in [1.165, 1.54) is 17.0 Å². The lowest BCUT2D eigenvalue weighted by atomic mass is 9.95. The van der Waals surface area contributed by atoms with E-state index in [2.05, 4.69) is 5.32 Å². The average Bonchev–Trinajstić information content (AvgIpc) is 2.96. The van der Waals surface area contributed by atoms with Gasteiger partial charge in [0.1, 0.15) is 18.4 Å². The Morgan fingerprint density at radius 1 is 0.925 bits per heavy atom. The Morgan fingerprint density at radius 3 is 2.17 bits per heavy atom. The van der Waals surface area contributed by atoms with Crippen LogP contribution < -0.4 is 9.62 Å². The fourth-order valence-electron chi connectivity index (χ4n) is 4.91. The molecule has 4 rings (SSSR count). The zero-order valence-electron chi connectivity index (χ0n) is 22.9. The number of hydrogen-bond acceptors (Lipinski definition) is 4. The first-order valence-corrected chi connectivity index (χ1v) is 15.1. The van der Waals surface area contributed by atoms with Crippen LogP contribution in [0.4, 0.5) is 10.1 Å². The number of anilines is 1. The third-order valence-corrected chi connectivity index (χ3v) is 9.11. The van der Waals surface area contributed by atoms with Gasteiger partial charge in [-0.15, -0.1) is 0 Å². The first kappa shape index (κ1) is 29.3. The minimum Gasteiger partial charge on any atom is -0.352 e. The largest absolute Gasteiger partial charge is 0.352 e. The van der Waals surface area contributed by atoms with Crippen molar-refractivity contribution in [1.82, 2.24) is 10.2 Å². The molecule has 0 aliphatic heterocycles. The van der Waals surface area contributed by atoms with E-state index in [0.29, 0.717) is 5.69 Å². The van der Waals surface area contributed by atoms with Crippen molar-refractivity contribution in [2.75, 3.05) is 10.8 Å². The molecular weight excluding hydrogens is 529 g/mol. The molecule has 212 valence electrons. The summed E-state index contributed by atoms with van der Waals surface area (Å²) in [6.45, 7) is 3.15. The van der Waals surface area contributed by atoms with Crippen LogP contribution in [-0.2, 0) is 26.2 Å². The molecule has 1 aliphatic rings. The van der Waals surface area contributed by atoms with Crippen LogP contribution in [0.25, 0.3) is 0 Å². The highest BCUT2D eigenvalue weighted by Crippen LogP contribution is 2.25. The van der Waals surface area contributed by atoms with Crippen LogP contribution in [0.3, 0.4) is 0 Å². The standard InChI is InChI=1S/C31H36FN3O4S/c1-23-13-17-28(18-14-23)35(40(38,39)29-19-15-26(32)16-20-29)22-30(36)34(21-25-9-5-3-6-10-25)24(2)31(37)33-27-11-7-4-8-12-27/h3,5-6,9-10,13-20,24,27H,4,7-8,11-12,21-22H2,1-2H3,(H,33,37). The van der Waals surface area contributed by atoms with E-state index in [4.69, 9.17) is 0 Å². The van der Waals surface area contributed by atoms with E-state index in [0.717, 1.165) is 59.7 Å². The molecule has 0 saturated heterocycles. The van der Waals surface area contributed by atoms with Gasteiger partial charge in [-0.25, -0.2) is 12.8 Å². The number of carbonyl (C=O) groups excluding carboxylic acids is 2. The predicted octanol–water partition coefficient (Wildman–Crippen LogP) is 5.20. The fraction of sp³-hybridized carbons (Fsp3) is 0.355. The van der Waals surface area contributed by atoms with Crippen LogP contribution in [0.15, 0.2) is 83.8 Å². The minimum absolute atomic E-state index is 0.0697. The summed E-state index contributed by atoms with van der Waals surface area (Å²) in [5, 5.41) is 3.09. The Hall–Kier alpha value is -3.72. The van der Waals surface area contributed by atoms with Crippen molar-refractivity contribution in [3.05, 3.63) is 95.8 Å². The van der Waals surface area contributed by atoms with E-state index < -0.39 is 34.3 Å². The van der Waals surface area contributed by atoms with Crippen molar-refractivity contribution >= 4 is 27.5 Å². The van der Waals surface area contributed by atoms with E-state index in [1.807, 2.05) is 37.3 Å². The minimum atomic E-state index is -4.24. The van der Waals surface area contributed by atoms with E-state index in [-0.39, 0.29) is 23.4 Å². The van der Waals surface area contributed by atoms with Gasteiger partial charge < -0.3 is 10.2 Å². The van der Waals surface area contributed by atoms with Crippen LogP contribution in [0, 0.1) is 12.7 Å². The van der Waals surface area contributed by atoms with Gasteiger partial charge in [-0.05, 0) is 68.7 Å². The lowest BCUT2D eigenvalue weighted by Crippen LogP contribution is -2.53. The summed E-state index contributed by atoms with van der Waals surface area (Å²) in [5.41, 5.74) is 2.03. The molecule has 2 amide bonds. The lowest BCUT2D eigenvalue weighted by molar-refractivity contribution is -0.139. The molecule has 3 aromatic carbocycles. The highest BCUT2D eigenvalue weighted by Gasteiger charge is 2.33. The Labute approximate surface area is 236 Å². The summed E-state index contributed by atoms with van der Waals surface area (Å²) in [6.07, 6.45) is 5.07. The first-order chi connectivity index (χ1) is 19.1. The second-order valence-electron chi connectivity index (χ2n) is 10.3. The molecular formula is C31H36FN3O4S. The second kappa shape index (κ2) is 13.1. The van der Waals surface area contributed by atoms with Crippen molar-refractivity contribution in [3.63, 3.8) is 0 Å². The molecule has 1 fully saturated rings. The molecule has 7 nitrogen and oxygen atoms in total. The summed E-state index contributed by atoms with van der Waals surface area (Å²) in [7, 11) is -4.24. The maximum Gasteiger partial charge on any atom is 0.264 e. The van der Waals surface area contributed by atoms with Gasteiger partial charge in [-0.1, -0.05) is 67.3 Å². The van der Waals surface area contributed by atoms with Gasteiger partial charge in [0, 0.05) is 12.6 Å². The zero-order chi connectivity index (χ0) is 28.7. The van der Waals surface area contributed by atoms with Crippen LogP contribution >= 0.6 is 0 Å². The molecule has 40 heavy (non-hydrogen) atoms. The molecule has 1 aliphatic carbocycles. The summed E-state index contributed by atoms with van der Waals surface area (Å²) in [5.74, 6) is -1.36. The summed E-state index contributed by atoms with van der Waals surface area (Å²) >= 11 is 0. The summed E-state index contributed by atoms with van der Waals surface area (Å²) < 4.78 is 42.1. The monoisotopic (exact) mass is 565 g/mol. The molecule has 0 aromatic heterocycles. The van der Waals surface area contributed by atoms with Crippen molar-refractivity contribution in [1.29, 1.82) is 0 Å². The maximum atomic E-state index is 13.9. The number of aryl methyl sites for hydroxylation is 1. The summed E-state index contributed by atoms with van der Waals surface area (Å²) in [6, 6.07) is 19.8. The predicted molar refractivity (Wildman–Crippen MR) is 154 cm³/mol. The van der Waals surface area contributed by atoms with Gasteiger partial charge in [-0.2, -0.15) is 0 Å². The molecule has 1 atom stereocenters. The number of carbonyl (C=O) groups is 2. The molecule has 9 heteroatoms. The van der Waals surface area contributed by atoms with Crippen molar-refractivity contribution in [2.45, 2.75) is 69.5 Å². The van der Waals surface area contributed by atoms with Gasteiger partial charge in [0.05, 0.1) is 10.6 Å². The van der Waals surface area contributed by atoms with Gasteiger partial charge in [0.2, 0.25) is 11.8 Å². The van der Waals surface area contributed by atoms with E-state index in [1.54, 1.807) is 31.2 Å². The first-order valence-electron chi connectivity index (χ1n) is 13.6. The van der Waals surface area contributed by atoms with Crippen molar-refractivity contribution in [3.8, 4) is 0 Å². The zero-order valence-corrected chi connectivity index (χ0v) is 23.7. The molecule has 0 bridgehead atoms. The Morgan fingerprint density at radius 2 is 1.55 bits per heavy atom. The quantitative estimate of drug-likeness (QED) is 0.366. The van der Waals surface area contributed by atoms with E-state index >= 15 is 0 Å². The van der Waals surface area contributed by atoms with Gasteiger partial charge in [-0.3, -0.25) is 13.9 Å².